The Morgan fingerprint density at radius 1 is 0.362 bits per heavy atom. The van der Waals surface area contributed by atoms with Crippen molar-refractivity contribution in [2.45, 2.75) is 326 Å². The highest BCUT2D eigenvalue weighted by atomic mass is 32.1. The van der Waals surface area contributed by atoms with E-state index in [9.17, 15) is 21.0 Å². The van der Waals surface area contributed by atoms with Crippen LogP contribution in [-0.2, 0) is 38.8 Å². The molecular weight excluding hydrogens is 1690 g/mol. The maximum atomic E-state index is 15.7. The average molecular weight is 1820 g/mol. The lowest BCUT2D eigenvalue weighted by atomic mass is 9.88. The number of thiophene rings is 4. The van der Waals surface area contributed by atoms with Crippen LogP contribution in [0.15, 0.2) is 83.0 Å². The first-order valence-corrected chi connectivity index (χ1v) is 52.7. The van der Waals surface area contributed by atoms with Gasteiger partial charge in [0.1, 0.15) is 46.5 Å². The number of nitrogens with zero attached hydrogens (tertiary/aromatic N) is 8. The van der Waals surface area contributed by atoms with Crippen LogP contribution >= 0.6 is 45.3 Å². The molecule has 7 aromatic heterocycles. The molecule has 2 aliphatic rings. The van der Waals surface area contributed by atoms with Gasteiger partial charge in [0.2, 0.25) is 0 Å². The third-order valence-electron chi connectivity index (χ3n) is 28.7. The minimum Gasteiger partial charge on any atom is -0.337 e. The van der Waals surface area contributed by atoms with Gasteiger partial charge in [0, 0.05) is 77.8 Å². The normalized spacial score (nSPS) is 14.6. The Balaban J connectivity index is 1.12. The van der Waals surface area contributed by atoms with Gasteiger partial charge in [-0.15, -0.1) is 45.3 Å². The number of aryl methyl sites for hydroxylation is 2. The fourth-order valence-electron chi connectivity index (χ4n) is 21.1. The second kappa shape index (κ2) is 43.4. The molecule has 130 heavy (non-hydrogen) atoms. The molecule has 0 spiro atoms. The topological polar surface area (TPSA) is 165 Å². The van der Waals surface area contributed by atoms with Crippen LogP contribution in [0.3, 0.4) is 0 Å². The molecule has 7 heterocycles. The first-order chi connectivity index (χ1) is 63.4. The van der Waals surface area contributed by atoms with Gasteiger partial charge in [0.05, 0.1) is 61.3 Å². The fraction of sp³-hybridized carbons (Fsp3) is 0.482. The first kappa shape index (κ1) is 95.0. The number of hydrogen-bond acceptors (Lipinski definition) is 12. The van der Waals surface area contributed by atoms with Crippen molar-refractivity contribution < 1.29 is 27.2 Å². The van der Waals surface area contributed by atoms with Gasteiger partial charge in [-0.2, -0.15) is 21.0 Å². The molecule has 0 N–H and O–H groups in total. The summed E-state index contributed by atoms with van der Waals surface area (Å²) in [5, 5.41) is 49.5. The van der Waals surface area contributed by atoms with E-state index in [-0.39, 0.29) is 67.5 Å². The molecule has 678 valence electrons. The number of ketones is 2. The van der Waals surface area contributed by atoms with Crippen LogP contribution in [0.5, 0.6) is 0 Å². The zero-order valence-electron chi connectivity index (χ0n) is 78.1. The van der Waals surface area contributed by atoms with Crippen LogP contribution in [0.1, 0.15) is 351 Å². The molecule has 0 radical (unpaired) electrons. The quantitative estimate of drug-likeness (QED) is 0.00908. The van der Waals surface area contributed by atoms with Gasteiger partial charge in [-0.25, -0.2) is 27.5 Å². The number of fused-ring (bicyclic) bond motifs is 22. The zero-order chi connectivity index (χ0) is 91.6. The van der Waals surface area contributed by atoms with Crippen LogP contribution in [-0.4, -0.2) is 30.7 Å². The van der Waals surface area contributed by atoms with Crippen molar-refractivity contribution in [3.8, 4) is 24.3 Å². The molecule has 0 saturated carbocycles. The van der Waals surface area contributed by atoms with Gasteiger partial charge in [0.25, 0.3) is 0 Å². The summed E-state index contributed by atoms with van der Waals surface area (Å²) in [6.45, 7) is 24.2. The second-order valence-electron chi connectivity index (χ2n) is 37.4. The number of benzene rings is 6. The molecular formula is C112H126F4N8O2S4. The number of Topliss-reactive ketones (excluding diaryl/α,β-unsaturated/α-hetero) is 2. The van der Waals surface area contributed by atoms with E-state index in [0.717, 1.165) is 304 Å². The Hall–Kier alpha value is -9.66. The monoisotopic (exact) mass is 1820 g/mol. The summed E-state index contributed by atoms with van der Waals surface area (Å²) in [5.41, 5.74) is 11.5. The minimum absolute atomic E-state index is 0.00160. The highest BCUT2D eigenvalue weighted by molar-refractivity contribution is 7.34. The summed E-state index contributed by atoms with van der Waals surface area (Å²) < 4.78 is 74.2. The van der Waals surface area contributed by atoms with Crippen LogP contribution in [0, 0.1) is 92.3 Å². The van der Waals surface area contributed by atoms with Crippen molar-refractivity contribution in [2.75, 3.05) is 0 Å². The van der Waals surface area contributed by atoms with Gasteiger partial charge >= 0.3 is 0 Å². The van der Waals surface area contributed by atoms with Gasteiger partial charge < -0.3 is 9.13 Å². The third kappa shape index (κ3) is 18.8. The van der Waals surface area contributed by atoms with Crippen molar-refractivity contribution in [1.29, 1.82) is 21.0 Å². The number of rotatable bonds is 46. The smallest absolute Gasteiger partial charge is 0.194 e. The van der Waals surface area contributed by atoms with Crippen molar-refractivity contribution in [3.05, 3.63) is 160 Å². The highest BCUT2D eigenvalue weighted by Gasteiger charge is 2.39. The van der Waals surface area contributed by atoms with E-state index in [1.807, 2.05) is 36.4 Å². The molecule has 2 aliphatic carbocycles. The summed E-state index contributed by atoms with van der Waals surface area (Å²) in [6.07, 6.45) is 43.8. The molecule has 13 aromatic rings. The van der Waals surface area contributed by atoms with Crippen LogP contribution in [0.2, 0.25) is 0 Å². The van der Waals surface area contributed by atoms with E-state index >= 15 is 27.2 Å². The maximum absolute atomic E-state index is 15.7. The Morgan fingerprint density at radius 2 is 0.685 bits per heavy atom. The Kier molecular flexibility index (Phi) is 31.7. The molecule has 0 amide bonds. The Morgan fingerprint density at radius 3 is 1.02 bits per heavy atom. The van der Waals surface area contributed by atoms with Gasteiger partial charge in [-0.1, -0.05) is 286 Å². The van der Waals surface area contributed by atoms with E-state index in [0.29, 0.717) is 37.8 Å². The number of carbonyl (C=O) groups excluding carboxylic acids is 2. The molecule has 0 aliphatic heterocycles. The van der Waals surface area contributed by atoms with Crippen LogP contribution in [0.4, 0.5) is 17.6 Å². The SMILES string of the molecule is CCCCCCCCCCCc1c(/C=C2\C(=O)c3cc(F)c(F)cc3C2=C(C#N)C#N)sc2c1sc1c3c4nc5c6cc(CC(CC)CCCC)ccc6c6ccc(CC(CC)CCCC)cc6c5nc4c4c5sc6c(CCCCCCCCCCC)c(/C=C7\C(=O)c8cc(F)c(F)cc8C7=C(C#N)C#N)sc6c5n(CC(CC)CCCC)c4c3n(CC(CC)CCCC)c21. The lowest BCUT2D eigenvalue weighted by molar-refractivity contribution is 0.103. The lowest BCUT2D eigenvalue weighted by Gasteiger charge is -2.21. The highest BCUT2D eigenvalue weighted by Crippen LogP contribution is 2.57. The van der Waals surface area contributed by atoms with Crippen LogP contribution in [0.25, 0.3) is 128 Å². The van der Waals surface area contributed by atoms with Gasteiger partial charge in [-0.05, 0) is 168 Å². The molecule has 6 aromatic carbocycles. The van der Waals surface area contributed by atoms with E-state index in [2.05, 4.69) is 115 Å². The van der Waals surface area contributed by atoms with E-state index in [1.54, 1.807) is 45.3 Å². The van der Waals surface area contributed by atoms with Crippen molar-refractivity contribution in [1.82, 2.24) is 19.1 Å². The predicted octanol–water partition coefficient (Wildman–Crippen LogP) is 34.7. The average Bonchev–Trinajstić information content (AvgIpc) is 1.50. The molecule has 15 rings (SSSR count). The predicted molar refractivity (Wildman–Crippen MR) is 541 cm³/mol. The Labute approximate surface area is 781 Å². The van der Waals surface area contributed by atoms with Crippen molar-refractivity contribution >= 4 is 185 Å². The van der Waals surface area contributed by atoms with Crippen molar-refractivity contribution in [3.63, 3.8) is 0 Å². The summed E-state index contributed by atoms with van der Waals surface area (Å²) in [5.74, 6) is -4.48. The first-order valence-electron chi connectivity index (χ1n) is 49.4. The number of aromatic nitrogens is 4. The molecule has 0 fully saturated rings. The van der Waals surface area contributed by atoms with E-state index in [1.165, 1.54) is 88.2 Å². The zero-order valence-corrected chi connectivity index (χ0v) is 81.3. The second-order valence-corrected chi connectivity index (χ2v) is 41.5. The Bertz CT molecular complexity index is 6360. The van der Waals surface area contributed by atoms with E-state index < -0.39 is 34.8 Å². The van der Waals surface area contributed by atoms with E-state index in [4.69, 9.17) is 9.97 Å². The standard InChI is InChI=1S/C112H126F4N8O2S4/c1-11-21-27-29-31-33-35-37-39-45-77-91(59-85-93(73(61-117)62-118)79-55-87(113)89(115)57-83(79)105(85)125)127-111-103-109(129-107(77)111)95-99-100(122-98-82-54-72(52-68(18-8)42-24-14-4)48-50-76(82)75-49-47-71(53-81(75)97(98)121-99)51-67(17-7)41-23-13-3)96-102(101(95)123(103)65-69(19-9)43-25-15-5)124(66-70(20-10)44-26-16-6)104-110(96)130-108-78(46-40-38-36-34-32-30-28-22-12-2)92(128-112(104)108)60-86-94(74(63-119)64-120)80-56-88(114)90(116)58-84(80)106(86)126/h47-50,53-60,67-70H,11-46,51-52,65-66H2,1-10H3/b85-59-,86-60-. The molecule has 0 saturated heterocycles. The molecule has 10 nitrogen and oxygen atoms in total. The molecule has 4 atom stereocenters. The third-order valence-corrected chi connectivity index (χ3v) is 33.8. The number of hydrogen-bond donors (Lipinski definition) is 0. The fourth-order valence-corrected chi connectivity index (χ4v) is 27.1. The van der Waals surface area contributed by atoms with Crippen molar-refractivity contribution in [2.24, 2.45) is 23.7 Å². The molecule has 0 bridgehead atoms. The van der Waals surface area contributed by atoms with Crippen LogP contribution < -0.4 is 0 Å². The summed E-state index contributed by atoms with van der Waals surface area (Å²) in [6, 6.07) is 26.2. The van der Waals surface area contributed by atoms with Gasteiger partial charge in [0.15, 0.2) is 34.8 Å². The van der Waals surface area contributed by atoms with Gasteiger partial charge in [-0.3, -0.25) is 9.59 Å². The summed E-state index contributed by atoms with van der Waals surface area (Å²) in [4.78, 5) is 45.0. The number of halogens is 4. The lowest BCUT2D eigenvalue weighted by Crippen LogP contribution is -2.13. The summed E-state index contributed by atoms with van der Waals surface area (Å²) in [7, 11) is 0. The summed E-state index contributed by atoms with van der Waals surface area (Å²) >= 11 is 6.79. The number of nitriles is 4. The molecule has 4 unspecified atom stereocenters. The molecule has 18 heteroatoms. The number of unbranched alkanes of at least 4 members (excludes halogenated alkanes) is 20. The number of allylic oxidation sites excluding steroid dienone is 6. The minimum atomic E-state index is -1.19. The largest absolute Gasteiger partial charge is 0.337 e. The maximum Gasteiger partial charge on any atom is 0.194 e. The number of carbonyl (C=O) groups is 2.